The Morgan fingerprint density at radius 3 is 2.61 bits per heavy atom. The Bertz CT molecular complexity index is 1130. The number of halogens is 1. The summed E-state index contributed by atoms with van der Waals surface area (Å²) in [4.78, 5) is 23.7. The summed E-state index contributed by atoms with van der Waals surface area (Å²) >= 11 is 0. The van der Waals surface area contributed by atoms with Crippen molar-refractivity contribution in [3.05, 3.63) is 60.2 Å². The van der Waals surface area contributed by atoms with Crippen molar-refractivity contribution in [2.45, 2.75) is 37.8 Å². The molecule has 0 bridgehead atoms. The Kier molecular flexibility index (Phi) is 6.35. The molecule has 0 atom stereocenters. The number of hydrogen-bond donors (Lipinski definition) is 1. The van der Waals surface area contributed by atoms with Crippen LogP contribution >= 0.6 is 0 Å². The van der Waals surface area contributed by atoms with Gasteiger partial charge in [-0.2, -0.15) is 0 Å². The number of aromatic nitrogens is 2. The number of nitrogens with one attached hydrogen (secondary N) is 1. The molecule has 2 aromatic carbocycles. The van der Waals surface area contributed by atoms with Gasteiger partial charge < -0.3 is 19.7 Å². The van der Waals surface area contributed by atoms with Gasteiger partial charge in [0.2, 0.25) is 0 Å². The molecule has 172 valence electrons. The molecule has 3 aromatic rings. The van der Waals surface area contributed by atoms with Gasteiger partial charge in [0.05, 0.1) is 30.4 Å². The van der Waals surface area contributed by atoms with E-state index in [9.17, 15) is 9.18 Å². The molecule has 0 radical (unpaired) electrons. The highest BCUT2D eigenvalue weighted by Gasteiger charge is 2.26. The molecule has 1 amide bonds. The van der Waals surface area contributed by atoms with Crippen LogP contribution in [0.15, 0.2) is 48.8 Å². The summed E-state index contributed by atoms with van der Waals surface area (Å²) in [6.07, 6.45) is 6.54. The topological polar surface area (TPSA) is 76.6 Å². The van der Waals surface area contributed by atoms with Crippen LogP contribution in [0.1, 0.15) is 36.0 Å². The van der Waals surface area contributed by atoms with Gasteiger partial charge in [0.1, 0.15) is 17.1 Å². The molecular weight excluding hydrogens is 423 g/mol. The summed E-state index contributed by atoms with van der Waals surface area (Å²) in [5.74, 6) is -0.127. The summed E-state index contributed by atoms with van der Waals surface area (Å²) in [6, 6.07) is 10.2. The zero-order chi connectivity index (χ0) is 22.6. The number of rotatable bonds is 5. The van der Waals surface area contributed by atoms with Crippen LogP contribution in [0.25, 0.3) is 11.0 Å². The Morgan fingerprint density at radius 2 is 1.82 bits per heavy atom. The number of ether oxygens (including phenoxy) is 2. The Balaban J connectivity index is 1.25. The Morgan fingerprint density at radius 1 is 1.06 bits per heavy atom. The first-order chi connectivity index (χ1) is 16.2. The van der Waals surface area contributed by atoms with Gasteiger partial charge in [-0.3, -0.25) is 9.78 Å². The summed E-state index contributed by atoms with van der Waals surface area (Å²) in [6.45, 7) is 3.07. The van der Waals surface area contributed by atoms with Crippen molar-refractivity contribution in [3.8, 4) is 5.75 Å². The fourth-order valence-electron chi connectivity index (χ4n) is 4.54. The number of nitrogens with zero attached hydrogens (tertiary/aromatic N) is 3. The van der Waals surface area contributed by atoms with Gasteiger partial charge in [0, 0.05) is 43.3 Å². The second-order valence-corrected chi connectivity index (χ2v) is 8.51. The van der Waals surface area contributed by atoms with Crippen LogP contribution in [0.3, 0.4) is 0 Å². The Labute approximate surface area is 191 Å². The molecule has 1 N–H and O–H groups in total. The van der Waals surface area contributed by atoms with Crippen molar-refractivity contribution in [3.63, 3.8) is 0 Å². The fourth-order valence-corrected chi connectivity index (χ4v) is 4.54. The minimum absolute atomic E-state index is 0.00757. The van der Waals surface area contributed by atoms with E-state index in [1.54, 1.807) is 24.5 Å². The number of fused-ring (bicyclic) bond motifs is 1. The highest BCUT2D eigenvalue weighted by atomic mass is 19.1. The number of anilines is 1. The van der Waals surface area contributed by atoms with Gasteiger partial charge in [0.25, 0.3) is 5.91 Å². The monoisotopic (exact) mass is 450 g/mol. The van der Waals surface area contributed by atoms with Crippen molar-refractivity contribution < 1.29 is 18.7 Å². The smallest absolute Gasteiger partial charge is 0.254 e. The van der Waals surface area contributed by atoms with Gasteiger partial charge in [-0.15, -0.1) is 0 Å². The number of hydrogen-bond acceptors (Lipinski definition) is 6. The zero-order valence-corrected chi connectivity index (χ0v) is 18.4. The number of carbonyl (C=O) groups excluding carboxylic acids is 1. The molecule has 5 rings (SSSR count). The van der Waals surface area contributed by atoms with Gasteiger partial charge in [-0.05, 0) is 43.9 Å². The average molecular weight is 451 g/mol. The minimum atomic E-state index is -0.500. The van der Waals surface area contributed by atoms with Crippen LogP contribution in [0.4, 0.5) is 10.1 Å². The average Bonchev–Trinajstić information content (AvgIpc) is 2.86. The maximum atomic E-state index is 13.9. The lowest BCUT2D eigenvalue weighted by atomic mass is 9.92. The van der Waals surface area contributed by atoms with E-state index in [2.05, 4.69) is 26.3 Å². The van der Waals surface area contributed by atoms with Crippen LogP contribution < -0.4 is 15.0 Å². The van der Waals surface area contributed by atoms with Gasteiger partial charge in [0.15, 0.2) is 0 Å². The van der Waals surface area contributed by atoms with E-state index in [4.69, 9.17) is 9.47 Å². The van der Waals surface area contributed by atoms with Crippen molar-refractivity contribution in [1.82, 2.24) is 15.3 Å². The number of amides is 1. The molecule has 1 saturated carbocycles. The normalized spacial score (nSPS) is 21.1. The standard InChI is InChI=1S/C25H27FN4O3/c26-21-4-2-1-3-20(21)25(31)29-17-5-7-19(8-6-17)33-23-16-18(30-11-13-32-14-12-30)15-22-24(23)28-10-9-27-22/h1-4,9-10,15-17,19H,5-8,11-14H2,(H,29,31). The molecule has 0 unspecified atom stereocenters. The summed E-state index contributed by atoms with van der Waals surface area (Å²) in [7, 11) is 0. The molecule has 0 spiro atoms. The highest BCUT2D eigenvalue weighted by molar-refractivity contribution is 5.94. The molecular formula is C25H27FN4O3. The predicted octanol–water partition coefficient (Wildman–Crippen LogP) is 3.73. The highest BCUT2D eigenvalue weighted by Crippen LogP contribution is 2.33. The minimum Gasteiger partial charge on any atom is -0.488 e. The molecule has 1 aliphatic carbocycles. The maximum absolute atomic E-state index is 13.9. The molecule has 7 nitrogen and oxygen atoms in total. The van der Waals surface area contributed by atoms with E-state index in [1.165, 1.54) is 12.1 Å². The number of carbonyl (C=O) groups is 1. The summed E-state index contributed by atoms with van der Waals surface area (Å²) in [5, 5.41) is 2.97. The van der Waals surface area contributed by atoms with Crippen molar-refractivity contribution in [2.24, 2.45) is 0 Å². The van der Waals surface area contributed by atoms with Crippen molar-refractivity contribution in [2.75, 3.05) is 31.2 Å². The van der Waals surface area contributed by atoms with E-state index in [0.717, 1.165) is 61.2 Å². The lowest BCUT2D eigenvalue weighted by Crippen LogP contribution is -2.40. The predicted molar refractivity (Wildman–Crippen MR) is 123 cm³/mol. The van der Waals surface area contributed by atoms with E-state index in [-0.39, 0.29) is 23.6 Å². The first-order valence-electron chi connectivity index (χ1n) is 11.5. The molecule has 2 fully saturated rings. The van der Waals surface area contributed by atoms with Crippen LogP contribution in [-0.2, 0) is 4.74 Å². The first-order valence-corrected chi connectivity index (χ1v) is 11.5. The van der Waals surface area contributed by atoms with E-state index in [1.807, 2.05) is 6.07 Å². The zero-order valence-electron chi connectivity index (χ0n) is 18.4. The molecule has 1 saturated heterocycles. The molecule has 2 heterocycles. The van der Waals surface area contributed by atoms with E-state index >= 15 is 0 Å². The largest absolute Gasteiger partial charge is 0.488 e. The molecule has 33 heavy (non-hydrogen) atoms. The van der Waals surface area contributed by atoms with Gasteiger partial charge >= 0.3 is 0 Å². The molecule has 1 aliphatic heterocycles. The van der Waals surface area contributed by atoms with Crippen LogP contribution in [0.2, 0.25) is 0 Å². The third-order valence-electron chi connectivity index (χ3n) is 6.32. The van der Waals surface area contributed by atoms with Crippen LogP contribution in [0.5, 0.6) is 5.75 Å². The second-order valence-electron chi connectivity index (χ2n) is 8.51. The number of benzene rings is 2. The lowest BCUT2D eigenvalue weighted by Gasteiger charge is -2.31. The van der Waals surface area contributed by atoms with E-state index in [0.29, 0.717) is 13.2 Å². The maximum Gasteiger partial charge on any atom is 0.254 e. The van der Waals surface area contributed by atoms with Gasteiger partial charge in [-0.1, -0.05) is 12.1 Å². The van der Waals surface area contributed by atoms with Crippen LogP contribution in [-0.4, -0.2) is 54.3 Å². The fraction of sp³-hybridized carbons (Fsp3) is 0.400. The Hall–Kier alpha value is -3.26. The molecule has 8 heteroatoms. The van der Waals surface area contributed by atoms with Crippen LogP contribution in [0, 0.1) is 5.82 Å². The summed E-state index contributed by atoms with van der Waals surface area (Å²) < 4.78 is 25.8. The second kappa shape index (κ2) is 9.70. The SMILES string of the molecule is O=C(NC1CCC(Oc2cc(N3CCOCC3)cc3nccnc23)CC1)c1ccccc1F. The first kappa shape index (κ1) is 21.6. The lowest BCUT2D eigenvalue weighted by molar-refractivity contribution is 0.0891. The van der Waals surface area contributed by atoms with E-state index < -0.39 is 5.82 Å². The quantitative estimate of drug-likeness (QED) is 0.639. The summed E-state index contributed by atoms with van der Waals surface area (Å²) in [5.41, 5.74) is 2.71. The third kappa shape index (κ3) is 4.90. The molecule has 2 aliphatic rings. The third-order valence-corrected chi connectivity index (χ3v) is 6.32. The molecule has 1 aromatic heterocycles. The van der Waals surface area contributed by atoms with Gasteiger partial charge in [-0.25, -0.2) is 9.37 Å². The van der Waals surface area contributed by atoms with Crippen molar-refractivity contribution in [1.29, 1.82) is 0 Å². The number of morpholine rings is 1. The van der Waals surface area contributed by atoms with Crippen molar-refractivity contribution >= 4 is 22.6 Å².